The number of rotatable bonds is 6. The number of aliphatic imine (C=N–C) groups is 1. The molecule has 7 nitrogen and oxygen atoms in total. The second kappa shape index (κ2) is 8.02. The zero-order chi connectivity index (χ0) is 15.8. The van der Waals surface area contributed by atoms with E-state index in [0.29, 0.717) is 13.1 Å². The van der Waals surface area contributed by atoms with Crippen molar-refractivity contribution in [3.8, 4) is 5.75 Å². The van der Waals surface area contributed by atoms with E-state index in [1.807, 2.05) is 38.2 Å². The van der Waals surface area contributed by atoms with Crippen LogP contribution in [0.1, 0.15) is 18.3 Å². The number of guanidine groups is 1. The SMILES string of the molecule is CCNC(=NCc1ccc(OC)cc1)NCc1ncnn1C. The van der Waals surface area contributed by atoms with Crippen molar-refractivity contribution in [3.63, 3.8) is 0 Å². The second-order valence-electron chi connectivity index (χ2n) is 4.70. The standard InChI is InChI=1S/C15H22N6O/c1-4-16-15(18-10-14-19-11-20-21(14)2)17-9-12-5-7-13(22-3)8-6-12/h5-8,11H,4,9-10H2,1-3H3,(H2,16,17,18). The van der Waals surface area contributed by atoms with Gasteiger partial charge in [-0.2, -0.15) is 5.10 Å². The number of hydrogen-bond acceptors (Lipinski definition) is 4. The van der Waals surface area contributed by atoms with Gasteiger partial charge in [0.05, 0.1) is 20.2 Å². The Morgan fingerprint density at radius 3 is 2.64 bits per heavy atom. The molecule has 0 saturated heterocycles. The number of aromatic nitrogens is 3. The summed E-state index contributed by atoms with van der Waals surface area (Å²) in [7, 11) is 3.53. The minimum Gasteiger partial charge on any atom is -0.497 e. The molecule has 0 saturated carbocycles. The lowest BCUT2D eigenvalue weighted by molar-refractivity contribution is 0.414. The van der Waals surface area contributed by atoms with Gasteiger partial charge in [-0.05, 0) is 24.6 Å². The molecule has 22 heavy (non-hydrogen) atoms. The molecule has 118 valence electrons. The first kappa shape index (κ1) is 15.8. The maximum atomic E-state index is 5.15. The quantitative estimate of drug-likeness (QED) is 0.617. The van der Waals surface area contributed by atoms with Gasteiger partial charge in [-0.1, -0.05) is 12.1 Å². The molecule has 0 unspecified atom stereocenters. The first-order chi connectivity index (χ1) is 10.7. The van der Waals surface area contributed by atoms with Crippen molar-refractivity contribution in [2.24, 2.45) is 12.0 Å². The molecular weight excluding hydrogens is 280 g/mol. The fourth-order valence-electron chi connectivity index (χ4n) is 1.89. The Labute approximate surface area is 130 Å². The number of hydrogen-bond donors (Lipinski definition) is 2. The summed E-state index contributed by atoms with van der Waals surface area (Å²) in [6, 6.07) is 7.89. The van der Waals surface area contributed by atoms with Crippen molar-refractivity contribution < 1.29 is 4.74 Å². The van der Waals surface area contributed by atoms with Gasteiger partial charge >= 0.3 is 0 Å². The minimum atomic E-state index is 0.574. The van der Waals surface area contributed by atoms with Gasteiger partial charge in [0, 0.05) is 13.6 Å². The summed E-state index contributed by atoms with van der Waals surface area (Å²) >= 11 is 0. The van der Waals surface area contributed by atoms with Crippen LogP contribution in [0, 0.1) is 0 Å². The predicted octanol–water partition coefficient (Wildman–Crippen LogP) is 1.08. The van der Waals surface area contributed by atoms with Gasteiger partial charge in [-0.25, -0.2) is 9.98 Å². The van der Waals surface area contributed by atoms with Crippen LogP contribution < -0.4 is 15.4 Å². The molecule has 0 spiro atoms. The van der Waals surface area contributed by atoms with Crippen LogP contribution in [0.2, 0.25) is 0 Å². The van der Waals surface area contributed by atoms with Gasteiger partial charge in [0.25, 0.3) is 0 Å². The van der Waals surface area contributed by atoms with E-state index in [-0.39, 0.29) is 0 Å². The summed E-state index contributed by atoms with van der Waals surface area (Å²) in [6.45, 7) is 4.00. The van der Waals surface area contributed by atoms with Gasteiger partial charge in [-0.3, -0.25) is 4.68 Å². The molecule has 0 bridgehead atoms. The second-order valence-corrected chi connectivity index (χ2v) is 4.70. The van der Waals surface area contributed by atoms with Crippen molar-refractivity contribution in [2.45, 2.75) is 20.0 Å². The lowest BCUT2D eigenvalue weighted by Gasteiger charge is -2.11. The molecule has 7 heteroatoms. The summed E-state index contributed by atoms with van der Waals surface area (Å²) in [5, 5.41) is 10.5. The molecule has 0 aliphatic carbocycles. The molecule has 0 aliphatic heterocycles. The smallest absolute Gasteiger partial charge is 0.191 e. The van der Waals surface area contributed by atoms with E-state index in [9.17, 15) is 0 Å². The van der Waals surface area contributed by atoms with Gasteiger partial charge in [-0.15, -0.1) is 0 Å². The molecule has 0 atom stereocenters. The molecule has 1 aromatic carbocycles. The van der Waals surface area contributed by atoms with Crippen LogP contribution in [-0.4, -0.2) is 34.4 Å². The molecule has 0 radical (unpaired) electrons. The van der Waals surface area contributed by atoms with Gasteiger partial charge in [0.1, 0.15) is 17.9 Å². The molecule has 0 aliphatic rings. The van der Waals surface area contributed by atoms with E-state index in [4.69, 9.17) is 4.74 Å². The summed E-state index contributed by atoms with van der Waals surface area (Å²) in [6.07, 6.45) is 1.54. The topological polar surface area (TPSA) is 76.4 Å². The molecule has 2 rings (SSSR count). The molecule has 1 aromatic heterocycles. The number of benzene rings is 1. The van der Waals surface area contributed by atoms with E-state index in [2.05, 4.69) is 25.7 Å². The monoisotopic (exact) mass is 302 g/mol. The highest BCUT2D eigenvalue weighted by atomic mass is 16.5. The maximum Gasteiger partial charge on any atom is 0.191 e. The van der Waals surface area contributed by atoms with Crippen LogP contribution in [0.15, 0.2) is 35.6 Å². The molecule has 0 fully saturated rings. The van der Waals surface area contributed by atoms with Gasteiger partial charge in [0.2, 0.25) is 0 Å². The Morgan fingerprint density at radius 1 is 1.27 bits per heavy atom. The summed E-state index contributed by atoms with van der Waals surface area (Å²) in [4.78, 5) is 8.74. The Morgan fingerprint density at radius 2 is 2.05 bits per heavy atom. The number of methoxy groups -OCH3 is 1. The molecule has 2 aromatic rings. The molecule has 2 N–H and O–H groups in total. The van der Waals surface area contributed by atoms with Gasteiger partial charge < -0.3 is 15.4 Å². The number of ether oxygens (including phenoxy) is 1. The van der Waals surface area contributed by atoms with Crippen LogP contribution >= 0.6 is 0 Å². The van der Waals surface area contributed by atoms with E-state index in [1.165, 1.54) is 0 Å². The normalized spacial score (nSPS) is 11.3. The van der Waals surface area contributed by atoms with E-state index in [0.717, 1.165) is 29.6 Å². The first-order valence-corrected chi connectivity index (χ1v) is 7.21. The maximum absolute atomic E-state index is 5.15. The number of aryl methyl sites for hydroxylation is 1. The fourth-order valence-corrected chi connectivity index (χ4v) is 1.89. The molecular formula is C15H22N6O. The Hall–Kier alpha value is -2.57. The van der Waals surface area contributed by atoms with Crippen molar-refractivity contribution in [3.05, 3.63) is 42.0 Å². The fraction of sp³-hybridized carbons (Fsp3) is 0.400. The zero-order valence-corrected chi connectivity index (χ0v) is 13.2. The predicted molar refractivity (Wildman–Crippen MR) is 85.7 cm³/mol. The van der Waals surface area contributed by atoms with Crippen molar-refractivity contribution in [1.82, 2.24) is 25.4 Å². The Kier molecular flexibility index (Phi) is 5.76. The third-order valence-corrected chi connectivity index (χ3v) is 3.14. The van der Waals surface area contributed by atoms with E-state index in [1.54, 1.807) is 18.1 Å². The average molecular weight is 302 g/mol. The highest BCUT2D eigenvalue weighted by Gasteiger charge is 2.02. The van der Waals surface area contributed by atoms with Crippen LogP contribution in [0.3, 0.4) is 0 Å². The Balaban J connectivity index is 1.95. The summed E-state index contributed by atoms with van der Waals surface area (Å²) in [5.74, 6) is 2.46. The average Bonchev–Trinajstić information content (AvgIpc) is 2.96. The third-order valence-electron chi connectivity index (χ3n) is 3.14. The van der Waals surface area contributed by atoms with Crippen molar-refractivity contribution in [2.75, 3.05) is 13.7 Å². The Bertz CT molecular complexity index is 605. The number of nitrogens with one attached hydrogen (secondary N) is 2. The lowest BCUT2D eigenvalue weighted by atomic mass is 10.2. The highest BCUT2D eigenvalue weighted by Crippen LogP contribution is 2.11. The largest absolute Gasteiger partial charge is 0.497 e. The lowest BCUT2D eigenvalue weighted by Crippen LogP contribution is -2.37. The minimum absolute atomic E-state index is 0.574. The zero-order valence-electron chi connectivity index (χ0n) is 13.2. The summed E-state index contributed by atoms with van der Waals surface area (Å²) < 4.78 is 6.88. The number of nitrogens with zero attached hydrogens (tertiary/aromatic N) is 4. The molecule has 1 heterocycles. The van der Waals surface area contributed by atoms with E-state index >= 15 is 0 Å². The van der Waals surface area contributed by atoms with Crippen LogP contribution in [0.25, 0.3) is 0 Å². The first-order valence-electron chi connectivity index (χ1n) is 7.21. The highest BCUT2D eigenvalue weighted by molar-refractivity contribution is 5.79. The van der Waals surface area contributed by atoms with E-state index < -0.39 is 0 Å². The van der Waals surface area contributed by atoms with Crippen molar-refractivity contribution >= 4 is 5.96 Å². The summed E-state index contributed by atoms with van der Waals surface area (Å²) in [5.41, 5.74) is 1.12. The van der Waals surface area contributed by atoms with Gasteiger partial charge in [0.15, 0.2) is 5.96 Å². The molecule has 0 amide bonds. The van der Waals surface area contributed by atoms with Crippen LogP contribution in [-0.2, 0) is 20.1 Å². The van der Waals surface area contributed by atoms with Crippen molar-refractivity contribution in [1.29, 1.82) is 0 Å². The van der Waals surface area contributed by atoms with Crippen LogP contribution in [0.4, 0.5) is 0 Å². The van der Waals surface area contributed by atoms with Crippen LogP contribution in [0.5, 0.6) is 5.75 Å². The third kappa shape index (κ3) is 4.47.